The summed E-state index contributed by atoms with van der Waals surface area (Å²) in [6.07, 6.45) is 1.90. The number of rotatable bonds is 8. The third-order valence-electron chi connectivity index (χ3n) is 4.02. The molecule has 0 bridgehead atoms. The standard InChI is InChI=1S/C20H25ClN2O2/c1-4-8-18(15-9-6-5-7-10-15)23-20(24)14(2)22-16-11-12-19(25-3)17(21)13-16/h5-7,9-14,18,22H,4,8H2,1-3H3,(H,23,24). The van der Waals surface area contributed by atoms with Crippen LogP contribution in [0.25, 0.3) is 0 Å². The number of amides is 1. The van der Waals surface area contributed by atoms with Gasteiger partial charge in [0.05, 0.1) is 18.2 Å². The first kappa shape index (κ1) is 19.1. The Hall–Kier alpha value is -2.20. The summed E-state index contributed by atoms with van der Waals surface area (Å²) in [4.78, 5) is 12.6. The number of ether oxygens (including phenoxy) is 1. The maximum atomic E-state index is 12.6. The highest BCUT2D eigenvalue weighted by Gasteiger charge is 2.18. The van der Waals surface area contributed by atoms with Crippen molar-refractivity contribution in [2.45, 2.75) is 38.8 Å². The fraction of sp³-hybridized carbons (Fsp3) is 0.350. The van der Waals surface area contributed by atoms with E-state index in [0.717, 1.165) is 24.1 Å². The van der Waals surface area contributed by atoms with Gasteiger partial charge in [-0.15, -0.1) is 0 Å². The summed E-state index contributed by atoms with van der Waals surface area (Å²) in [6, 6.07) is 15.1. The lowest BCUT2D eigenvalue weighted by Crippen LogP contribution is -2.39. The molecule has 2 N–H and O–H groups in total. The Bertz CT molecular complexity index is 691. The van der Waals surface area contributed by atoms with Crippen molar-refractivity contribution in [1.29, 1.82) is 0 Å². The number of nitrogens with one attached hydrogen (secondary N) is 2. The maximum Gasteiger partial charge on any atom is 0.242 e. The molecule has 0 fully saturated rings. The second-order valence-corrected chi connectivity index (χ2v) is 6.38. The maximum absolute atomic E-state index is 12.6. The number of carbonyl (C=O) groups excluding carboxylic acids is 1. The Morgan fingerprint density at radius 2 is 1.92 bits per heavy atom. The molecular formula is C20H25ClN2O2. The van der Waals surface area contributed by atoms with E-state index in [-0.39, 0.29) is 18.0 Å². The van der Waals surface area contributed by atoms with Crippen LogP contribution in [0.3, 0.4) is 0 Å². The molecule has 2 aromatic rings. The molecule has 2 rings (SSSR count). The van der Waals surface area contributed by atoms with Crippen molar-refractivity contribution < 1.29 is 9.53 Å². The number of halogens is 1. The van der Waals surface area contributed by atoms with E-state index >= 15 is 0 Å². The fourth-order valence-electron chi connectivity index (χ4n) is 2.66. The molecule has 2 unspecified atom stereocenters. The van der Waals surface area contributed by atoms with E-state index in [0.29, 0.717) is 10.8 Å². The summed E-state index contributed by atoms with van der Waals surface area (Å²) in [6.45, 7) is 3.95. The Kier molecular flexibility index (Phi) is 7.14. The lowest BCUT2D eigenvalue weighted by molar-refractivity contribution is -0.122. The second-order valence-electron chi connectivity index (χ2n) is 5.98. The Labute approximate surface area is 154 Å². The normalized spacial score (nSPS) is 13.0. The molecular weight excluding hydrogens is 336 g/mol. The van der Waals surface area contributed by atoms with E-state index in [9.17, 15) is 4.79 Å². The summed E-state index contributed by atoms with van der Waals surface area (Å²) in [5, 5.41) is 6.82. The van der Waals surface area contributed by atoms with Crippen molar-refractivity contribution in [2.24, 2.45) is 0 Å². The molecule has 0 aliphatic heterocycles. The van der Waals surface area contributed by atoms with Gasteiger partial charge < -0.3 is 15.4 Å². The minimum absolute atomic E-state index is 0.0161. The monoisotopic (exact) mass is 360 g/mol. The number of benzene rings is 2. The second kappa shape index (κ2) is 9.33. The van der Waals surface area contributed by atoms with E-state index in [1.165, 1.54) is 0 Å². The van der Waals surface area contributed by atoms with Crippen molar-refractivity contribution >= 4 is 23.2 Å². The van der Waals surface area contributed by atoms with E-state index < -0.39 is 0 Å². The highest BCUT2D eigenvalue weighted by atomic mass is 35.5. The van der Waals surface area contributed by atoms with Gasteiger partial charge in [0, 0.05) is 5.69 Å². The zero-order chi connectivity index (χ0) is 18.2. The molecule has 0 aliphatic rings. The third kappa shape index (κ3) is 5.40. The number of carbonyl (C=O) groups is 1. The molecule has 0 aromatic heterocycles. The molecule has 0 saturated heterocycles. The van der Waals surface area contributed by atoms with E-state index in [1.807, 2.05) is 43.3 Å². The summed E-state index contributed by atoms with van der Waals surface area (Å²) in [5.74, 6) is 0.561. The molecule has 1 amide bonds. The fourth-order valence-corrected chi connectivity index (χ4v) is 2.92. The Morgan fingerprint density at radius 3 is 2.52 bits per heavy atom. The molecule has 134 valence electrons. The molecule has 0 radical (unpaired) electrons. The van der Waals surface area contributed by atoms with Crippen LogP contribution in [-0.2, 0) is 4.79 Å². The first-order valence-electron chi connectivity index (χ1n) is 8.50. The van der Waals surface area contributed by atoms with Crippen molar-refractivity contribution in [3.63, 3.8) is 0 Å². The number of methoxy groups -OCH3 is 1. The first-order valence-corrected chi connectivity index (χ1v) is 8.88. The van der Waals surface area contributed by atoms with Gasteiger partial charge in [-0.1, -0.05) is 55.3 Å². The lowest BCUT2D eigenvalue weighted by Gasteiger charge is -2.22. The minimum Gasteiger partial charge on any atom is -0.495 e. The van der Waals surface area contributed by atoms with E-state index in [4.69, 9.17) is 16.3 Å². The van der Waals surface area contributed by atoms with Crippen LogP contribution < -0.4 is 15.4 Å². The van der Waals surface area contributed by atoms with Gasteiger partial charge in [-0.05, 0) is 37.1 Å². The van der Waals surface area contributed by atoms with Gasteiger partial charge in [0.15, 0.2) is 0 Å². The van der Waals surface area contributed by atoms with Crippen LogP contribution in [0, 0.1) is 0 Å². The van der Waals surface area contributed by atoms with Crippen LogP contribution in [-0.4, -0.2) is 19.1 Å². The third-order valence-corrected chi connectivity index (χ3v) is 4.32. The van der Waals surface area contributed by atoms with Crippen molar-refractivity contribution in [2.75, 3.05) is 12.4 Å². The van der Waals surface area contributed by atoms with Crippen molar-refractivity contribution in [3.8, 4) is 5.75 Å². The molecule has 0 saturated carbocycles. The SMILES string of the molecule is CCCC(NC(=O)C(C)Nc1ccc(OC)c(Cl)c1)c1ccccc1. The predicted octanol–water partition coefficient (Wildman–Crippen LogP) is 4.81. The molecule has 5 heteroatoms. The average molecular weight is 361 g/mol. The quantitative estimate of drug-likeness (QED) is 0.710. The van der Waals surface area contributed by atoms with Crippen molar-refractivity contribution in [3.05, 3.63) is 59.1 Å². The minimum atomic E-state index is -0.382. The highest BCUT2D eigenvalue weighted by Crippen LogP contribution is 2.27. The van der Waals surface area contributed by atoms with Crippen molar-refractivity contribution in [1.82, 2.24) is 5.32 Å². The summed E-state index contributed by atoms with van der Waals surface area (Å²) in [5.41, 5.74) is 1.90. The van der Waals surface area contributed by atoms with Crippen LogP contribution in [0.15, 0.2) is 48.5 Å². The van der Waals surface area contributed by atoms with Crippen LogP contribution >= 0.6 is 11.6 Å². The topological polar surface area (TPSA) is 50.4 Å². The van der Waals surface area contributed by atoms with E-state index in [1.54, 1.807) is 19.2 Å². The van der Waals surface area contributed by atoms with Gasteiger partial charge in [-0.25, -0.2) is 0 Å². The summed E-state index contributed by atoms with van der Waals surface area (Å²) >= 11 is 6.13. The van der Waals surface area contributed by atoms with Gasteiger partial charge in [-0.3, -0.25) is 4.79 Å². The zero-order valence-corrected chi connectivity index (χ0v) is 15.6. The Balaban J connectivity index is 2.02. The molecule has 25 heavy (non-hydrogen) atoms. The lowest BCUT2D eigenvalue weighted by atomic mass is 10.0. The number of hydrogen-bond acceptors (Lipinski definition) is 3. The molecule has 2 aromatic carbocycles. The first-order chi connectivity index (χ1) is 12.0. The molecule has 0 aliphatic carbocycles. The largest absolute Gasteiger partial charge is 0.495 e. The molecule has 0 heterocycles. The van der Waals surface area contributed by atoms with Gasteiger partial charge >= 0.3 is 0 Å². The van der Waals surface area contributed by atoms with Gasteiger partial charge in [0.1, 0.15) is 11.8 Å². The van der Waals surface area contributed by atoms with Gasteiger partial charge in [-0.2, -0.15) is 0 Å². The highest BCUT2D eigenvalue weighted by molar-refractivity contribution is 6.32. The molecule has 0 spiro atoms. The predicted molar refractivity (Wildman–Crippen MR) is 103 cm³/mol. The Morgan fingerprint density at radius 1 is 1.20 bits per heavy atom. The number of hydrogen-bond donors (Lipinski definition) is 2. The van der Waals surface area contributed by atoms with Crippen LogP contribution in [0.1, 0.15) is 38.3 Å². The smallest absolute Gasteiger partial charge is 0.242 e. The summed E-state index contributed by atoms with van der Waals surface area (Å²) in [7, 11) is 1.57. The van der Waals surface area contributed by atoms with Crippen LogP contribution in [0.2, 0.25) is 5.02 Å². The van der Waals surface area contributed by atoms with E-state index in [2.05, 4.69) is 17.6 Å². The molecule has 2 atom stereocenters. The van der Waals surface area contributed by atoms with Crippen LogP contribution in [0.4, 0.5) is 5.69 Å². The van der Waals surface area contributed by atoms with Gasteiger partial charge in [0.25, 0.3) is 0 Å². The molecule has 4 nitrogen and oxygen atoms in total. The number of anilines is 1. The zero-order valence-electron chi connectivity index (χ0n) is 14.9. The summed E-state index contributed by atoms with van der Waals surface area (Å²) < 4.78 is 5.14. The van der Waals surface area contributed by atoms with Crippen LogP contribution in [0.5, 0.6) is 5.75 Å². The van der Waals surface area contributed by atoms with Gasteiger partial charge in [0.2, 0.25) is 5.91 Å². The average Bonchev–Trinajstić information content (AvgIpc) is 2.62.